The summed E-state index contributed by atoms with van der Waals surface area (Å²) in [5, 5.41) is 11.8. The molecule has 0 aliphatic carbocycles. The molecule has 1 atom stereocenters. The number of aryl methyl sites for hydroxylation is 1. The number of hydrogen-bond donors (Lipinski definition) is 1. The minimum Gasteiger partial charge on any atom is -0.396 e. The van der Waals surface area contributed by atoms with Gasteiger partial charge in [0.1, 0.15) is 5.25 Å². The Morgan fingerprint density at radius 1 is 1.22 bits per heavy atom. The number of aromatic nitrogens is 2. The van der Waals surface area contributed by atoms with Gasteiger partial charge in [-0.2, -0.15) is 4.98 Å². The minimum absolute atomic E-state index is 0.0518. The van der Waals surface area contributed by atoms with Crippen LogP contribution in [0.15, 0.2) is 28.8 Å². The maximum atomic E-state index is 12.3. The van der Waals surface area contributed by atoms with Crippen LogP contribution in [0.25, 0.3) is 11.4 Å². The SMILES string of the molecule is Cc1ccccc1-c1noc(C(C)S(=O)(=O)CCCCCO)n1. The van der Waals surface area contributed by atoms with Crippen molar-refractivity contribution in [3.8, 4) is 11.4 Å². The van der Waals surface area contributed by atoms with Crippen LogP contribution < -0.4 is 0 Å². The summed E-state index contributed by atoms with van der Waals surface area (Å²) in [6.45, 7) is 3.59. The zero-order chi connectivity index (χ0) is 16.9. The van der Waals surface area contributed by atoms with E-state index in [4.69, 9.17) is 9.63 Å². The summed E-state index contributed by atoms with van der Waals surface area (Å²) in [7, 11) is -3.35. The van der Waals surface area contributed by atoms with Gasteiger partial charge in [-0.25, -0.2) is 8.42 Å². The molecule has 0 fully saturated rings. The number of unbranched alkanes of at least 4 members (excludes halogenated alkanes) is 2. The fourth-order valence-electron chi connectivity index (χ4n) is 2.26. The van der Waals surface area contributed by atoms with Crippen molar-refractivity contribution in [1.29, 1.82) is 0 Å². The lowest BCUT2D eigenvalue weighted by Crippen LogP contribution is -2.14. The summed E-state index contributed by atoms with van der Waals surface area (Å²) in [5.74, 6) is 0.571. The molecule has 0 spiro atoms. The van der Waals surface area contributed by atoms with E-state index in [1.165, 1.54) is 0 Å². The Morgan fingerprint density at radius 2 is 1.96 bits per heavy atom. The zero-order valence-corrected chi connectivity index (χ0v) is 14.2. The smallest absolute Gasteiger partial charge is 0.245 e. The average Bonchev–Trinajstić information content (AvgIpc) is 3.01. The predicted octanol–water partition coefficient (Wildman–Crippen LogP) is 2.68. The van der Waals surface area contributed by atoms with Crippen LogP contribution in [0.2, 0.25) is 0 Å². The van der Waals surface area contributed by atoms with E-state index in [0.29, 0.717) is 25.1 Å². The Bertz CT molecular complexity index is 740. The first-order chi connectivity index (χ1) is 11.0. The van der Waals surface area contributed by atoms with E-state index in [2.05, 4.69) is 10.1 Å². The van der Waals surface area contributed by atoms with Crippen molar-refractivity contribution >= 4 is 9.84 Å². The maximum Gasteiger partial charge on any atom is 0.245 e. The van der Waals surface area contributed by atoms with Crippen molar-refractivity contribution in [2.75, 3.05) is 12.4 Å². The summed E-state index contributed by atoms with van der Waals surface area (Å²) >= 11 is 0. The molecule has 0 aliphatic rings. The second-order valence-corrected chi connectivity index (χ2v) is 8.01. The van der Waals surface area contributed by atoms with E-state index in [9.17, 15) is 8.42 Å². The molecule has 1 N–H and O–H groups in total. The molecule has 0 saturated heterocycles. The number of rotatable bonds is 8. The van der Waals surface area contributed by atoms with Crippen molar-refractivity contribution < 1.29 is 18.0 Å². The van der Waals surface area contributed by atoms with E-state index in [1.807, 2.05) is 31.2 Å². The van der Waals surface area contributed by atoms with Gasteiger partial charge in [0, 0.05) is 12.2 Å². The predicted molar refractivity (Wildman–Crippen MR) is 87.6 cm³/mol. The summed E-state index contributed by atoms with van der Waals surface area (Å²) < 4.78 is 29.8. The fraction of sp³-hybridized carbons (Fsp3) is 0.500. The van der Waals surface area contributed by atoms with E-state index in [1.54, 1.807) is 6.92 Å². The zero-order valence-electron chi connectivity index (χ0n) is 13.4. The van der Waals surface area contributed by atoms with E-state index in [0.717, 1.165) is 11.1 Å². The third kappa shape index (κ3) is 4.39. The van der Waals surface area contributed by atoms with Crippen LogP contribution in [-0.4, -0.2) is 36.0 Å². The highest BCUT2D eigenvalue weighted by Gasteiger charge is 2.28. The first-order valence-corrected chi connectivity index (χ1v) is 9.39. The number of aliphatic hydroxyl groups is 1. The summed E-state index contributed by atoms with van der Waals surface area (Å²) in [5.41, 5.74) is 1.83. The molecule has 0 bridgehead atoms. The van der Waals surface area contributed by atoms with Crippen LogP contribution >= 0.6 is 0 Å². The van der Waals surface area contributed by atoms with Gasteiger partial charge in [-0.3, -0.25) is 0 Å². The largest absolute Gasteiger partial charge is 0.396 e. The highest BCUT2D eigenvalue weighted by molar-refractivity contribution is 7.91. The van der Waals surface area contributed by atoms with Gasteiger partial charge < -0.3 is 9.63 Å². The quantitative estimate of drug-likeness (QED) is 0.744. The number of benzene rings is 1. The molecule has 7 heteroatoms. The summed E-state index contributed by atoms with van der Waals surface area (Å²) in [6, 6.07) is 7.60. The van der Waals surface area contributed by atoms with Crippen molar-refractivity contribution in [2.45, 2.75) is 38.4 Å². The maximum absolute atomic E-state index is 12.3. The number of nitrogens with zero attached hydrogens (tertiary/aromatic N) is 2. The third-order valence-corrected chi connectivity index (χ3v) is 5.94. The summed E-state index contributed by atoms with van der Waals surface area (Å²) in [6.07, 6.45) is 1.81. The molecular formula is C16H22N2O4S. The van der Waals surface area contributed by atoms with Gasteiger partial charge in [0.25, 0.3) is 0 Å². The van der Waals surface area contributed by atoms with Crippen molar-refractivity contribution in [3.05, 3.63) is 35.7 Å². The molecule has 2 aromatic rings. The average molecular weight is 338 g/mol. The van der Waals surface area contributed by atoms with Gasteiger partial charge in [-0.1, -0.05) is 35.8 Å². The Morgan fingerprint density at radius 3 is 2.65 bits per heavy atom. The van der Waals surface area contributed by atoms with E-state index < -0.39 is 15.1 Å². The fourth-order valence-corrected chi connectivity index (χ4v) is 3.62. The van der Waals surface area contributed by atoms with Gasteiger partial charge in [0.15, 0.2) is 9.84 Å². The molecule has 0 aliphatic heterocycles. The Hall–Kier alpha value is -1.73. The van der Waals surface area contributed by atoms with Crippen LogP contribution in [0.1, 0.15) is 42.9 Å². The minimum atomic E-state index is -3.35. The van der Waals surface area contributed by atoms with Crippen LogP contribution in [0.3, 0.4) is 0 Å². The van der Waals surface area contributed by atoms with Gasteiger partial charge in [0.2, 0.25) is 11.7 Å². The lowest BCUT2D eigenvalue weighted by Gasteiger charge is -2.08. The molecular weight excluding hydrogens is 316 g/mol. The molecule has 6 nitrogen and oxygen atoms in total. The van der Waals surface area contributed by atoms with Gasteiger partial charge in [-0.15, -0.1) is 0 Å². The molecule has 1 unspecified atom stereocenters. The van der Waals surface area contributed by atoms with Crippen LogP contribution in [0.5, 0.6) is 0 Å². The molecule has 0 radical (unpaired) electrons. The van der Waals surface area contributed by atoms with Gasteiger partial charge >= 0.3 is 0 Å². The molecule has 23 heavy (non-hydrogen) atoms. The number of aliphatic hydroxyl groups excluding tert-OH is 1. The molecule has 126 valence electrons. The van der Waals surface area contributed by atoms with Crippen molar-refractivity contribution in [3.63, 3.8) is 0 Å². The molecule has 1 aromatic heterocycles. The number of hydrogen-bond acceptors (Lipinski definition) is 6. The highest BCUT2D eigenvalue weighted by atomic mass is 32.2. The number of sulfone groups is 1. The second-order valence-electron chi connectivity index (χ2n) is 5.56. The molecule has 1 heterocycles. The molecule has 0 amide bonds. The molecule has 2 rings (SSSR count). The monoisotopic (exact) mass is 338 g/mol. The van der Waals surface area contributed by atoms with Crippen molar-refractivity contribution in [2.24, 2.45) is 0 Å². The Labute approximate surface area is 136 Å². The summed E-state index contributed by atoms with van der Waals surface area (Å²) in [4.78, 5) is 4.25. The molecule has 0 saturated carbocycles. The Balaban J connectivity index is 2.12. The van der Waals surface area contributed by atoms with Crippen LogP contribution in [0.4, 0.5) is 0 Å². The first-order valence-electron chi connectivity index (χ1n) is 7.67. The van der Waals surface area contributed by atoms with E-state index >= 15 is 0 Å². The highest BCUT2D eigenvalue weighted by Crippen LogP contribution is 2.26. The molecule has 1 aromatic carbocycles. The lowest BCUT2D eigenvalue weighted by molar-refractivity contribution is 0.284. The topological polar surface area (TPSA) is 93.3 Å². The van der Waals surface area contributed by atoms with Gasteiger partial charge in [0.05, 0.1) is 5.75 Å². The van der Waals surface area contributed by atoms with Gasteiger partial charge in [-0.05, 0) is 32.3 Å². The van der Waals surface area contributed by atoms with Crippen LogP contribution in [-0.2, 0) is 9.84 Å². The second kappa shape index (κ2) is 7.70. The third-order valence-electron chi connectivity index (χ3n) is 3.80. The lowest BCUT2D eigenvalue weighted by atomic mass is 10.1. The van der Waals surface area contributed by atoms with Crippen molar-refractivity contribution in [1.82, 2.24) is 10.1 Å². The van der Waals surface area contributed by atoms with Crippen LogP contribution in [0, 0.1) is 6.92 Å². The normalized spacial score (nSPS) is 13.2. The Kier molecular flexibility index (Phi) is 5.90. The standard InChI is InChI=1S/C16H22N2O4S/c1-12-8-4-5-9-14(12)15-17-16(22-18-15)13(2)23(20,21)11-7-3-6-10-19/h4-5,8-9,13,19H,3,6-7,10-11H2,1-2H3. The van der Waals surface area contributed by atoms with E-state index in [-0.39, 0.29) is 18.3 Å². The first kappa shape index (κ1) is 17.6.